The fourth-order valence-corrected chi connectivity index (χ4v) is 2.29. The third kappa shape index (κ3) is 2.35. The zero-order valence-corrected chi connectivity index (χ0v) is 11.6. The number of fused-ring (bicyclic) bond motifs is 1. The number of carbonyl (C=O) groups excluding carboxylic acids is 1. The number of carbonyl (C=O) groups is 1. The van der Waals surface area contributed by atoms with E-state index in [1.807, 2.05) is 0 Å². The first-order valence-corrected chi connectivity index (χ1v) is 6.49. The van der Waals surface area contributed by atoms with Crippen molar-refractivity contribution in [2.45, 2.75) is 0 Å². The van der Waals surface area contributed by atoms with Gasteiger partial charge in [-0.2, -0.15) is 0 Å². The van der Waals surface area contributed by atoms with E-state index in [9.17, 15) is 4.79 Å². The maximum absolute atomic E-state index is 12.2. The topological polar surface area (TPSA) is 55.1 Å². The number of anilines is 1. The van der Waals surface area contributed by atoms with Crippen LogP contribution >= 0.6 is 23.2 Å². The molecule has 100 valence electrons. The van der Waals surface area contributed by atoms with Gasteiger partial charge in [-0.05, 0) is 30.3 Å². The molecule has 20 heavy (non-hydrogen) atoms. The van der Waals surface area contributed by atoms with E-state index in [2.05, 4.69) is 10.3 Å². The fraction of sp³-hybridized carbons (Fsp3) is 0. The van der Waals surface area contributed by atoms with Gasteiger partial charge >= 0.3 is 0 Å². The van der Waals surface area contributed by atoms with Crippen molar-refractivity contribution in [3.63, 3.8) is 0 Å². The number of halogens is 2. The Balaban J connectivity index is 1.92. The van der Waals surface area contributed by atoms with Crippen LogP contribution in [-0.4, -0.2) is 10.9 Å². The zero-order chi connectivity index (χ0) is 14.1. The molecule has 0 spiro atoms. The highest BCUT2D eigenvalue weighted by atomic mass is 35.5. The minimum absolute atomic E-state index is 0.321. The Morgan fingerprint density at radius 2 is 1.90 bits per heavy atom. The van der Waals surface area contributed by atoms with Crippen molar-refractivity contribution in [1.29, 1.82) is 0 Å². The Morgan fingerprint density at radius 3 is 2.65 bits per heavy atom. The first-order valence-electron chi connectivity index (χ1n) is 5.74. The number of amides is 1. The SMILES string of the molecule is O=C(Nc1c(Cl)cccc1Cl)c1ccc2ncoc2c1. The average molecular weight is 307 g/mol. The maximum atomic E-state index is 12.2. The molecular weight excluding hydrogens is 299 g/mol. The first kappa shape index (κ1) is 13.0. The lowest BCUT2D eigenvalue weighted by atomic mass is 10.2. The molecule has 3 aromatic rings. The zero-order valence-electron chi connectivity index (χ0n) is 10.1. The molecule has 0 bridgehead atoms. The van der Waals surface area contributed by atoms with Crippen molar-refractivity contribution in [2.24, 2.45) is 0 Å². The number of rotatable bonds is 2. The van der Waals surface area contributed by atoms with Crippen LogP contribution in [0.5, 0.6) is 0 Å². The van der Waals surface area contributed by atoms with E-state index >= 15 is 0 Å². The first-order chi connectivity index (χ1) is 9.65. The lowest BCUT2D eigenvalue weighted by Crippen LogP contribution is -2.12. The molecule has 0 radical (unpaired) electrons. The van der Waals surface area contributed by atoms with Crippen molar-refractivity contribution in [2.75, 3.05) is 5.32 Å². The average Bonchev–Trinajstić information content (AvgIpc) is 2.90. The highest BCUT2D eigenvalue weighted by Gasteiger charge is 2.12. The summed E-state index contributed by atoms with van der Waals surface area (Å²) in [5.74, 6) is -0.321. The second-order valence-corrected chi connectivity index (χ2v) is 4.90. The molecule has 0 aliphatic rings. The van der Waals surface area contributed by atoms with Crippen molar-refractivity contribution in [3.8, 4) is 0 Å². The second-order valence-electron chi connectivity index (χ2n) is 4.09. The van der Waals surface area contributed by atoms with Gasteiger partial charge in [0.05, 0.1) is 15.7 Å². The van der Waals surface area contributed by atoms with Crippen LogP contribution in [0.25, 0.3) is 11.1 Å². The summed E-state index contributed by atoms with van der Waals surface area (Å²) < 4.78 is 5.16. The number of aromatic nitrogens is 1. The third-order valence-corrected chi connectivity index (χ3v) is 3.42. The standard InChI is InChI=1S/C14H8Cl2N2O2/c15-9-2-1-3-10(16)13(9)18-14(19)8-4-5-11-12(6-8)20-7-17-11/h1-7H,(H,18,19). The predicted molar refractivity (Wildman–Crippen MR) is 78.4 cm³/mol. The molecule has 1 amide bonds. The van der Waals surface area contributed by atoms with Crippen molar-refractivity contribution in [3.05, 3.63) is 58.4 Å². The van der Waals surface area contributed by atoms with Gasteiger partial charge < -0.3 is 9.73 Å². The van der Waals surface area contributed by atoms with Crippen molar-refractivity contribution < 1.29 is 9.21 Å². The van der Waals surface area contributed by atoms with Crippen LogP contribution in [-0.2, 0) is 0 Å². The van der Waals surface area contributed by atoms with E-state index in [1.165, 1.54) is 6.39 Å². The quantitative estimate of drug-likeness (QED) is 0.764. The molecule has 6 heteroatoms. The Labute approximate surface area is 124 Å². The smallest absolute Gasteiger partial charge is 0.255 e. The summed E-state index contributed by atoms with van der Waals surface area (Å²) in [5.41, 5.74) is 2.06. The third-order valence-electron chi connectivity index (χ3n) is 2.79. The molecule has 0 atom stereocenters. The number of nitrogens with zero attached hydrogens (tertiary/aromatic N) is 1. The van der Waals surface area contributed by atoms with E-state index in [1.54, 1.807) is 36.4 Å². The minimum Gasteiger partial charge on any atom is -0.443 e. The van der Waals surface area contributed by atoms with Crippen molar-refractivity contribution in [1.82, 2.24) is 4.98 Å². The van der Waals surface area contributed by atoms with Gasteiger partial charge in [-0.3, -0.25) is 4.79 Å². The van der Waals surface area contributed by atoms with Crippen molar-refractivity contribution >= 4 is 45.9 Å². The summed E-state index contributed by atoms with van der Waals surface area (Å²) in [6.45, 7) is 0. The molecular formula is C14H8Cl2N2O2. The molecule has 0 fully saturated rings. The van der Waals surface area contributed by atoms with Gasteiger partial charge in [-0.15, -0.1) is 0 Å². The lowest BCUT2D eigenvalue weighted by Gasteiger charge is -2.08. The molecule has 1 N–H and O–H groups in total. The van der Waals surface area contributed by atoms with Crippen LogP contribution in [0.2, 0.25) is 10.0 Å². The van der Waals surface area contributed by atoms with E-state index in [4.69, 9.17) is 27.6 Å². The Bertz CT molecular complexity index is 778. The van der Waals surface area contributed by atoms with Crippen LogP contribution in [0.4, 0.5) is 5.69 Å². The van der Waals surface area contributed by atoms with Gasteiger partial charge in [0.1, 0.15) is 5.52 Å². The van der Waals surface area contributed by atoms with Crippen LogP contribution in [0.1, 0.15) is 10.4 Å². The van der Waals surface area contributed by atoms with Gasteiger partial charge in [0.15, 0.2) is 12.0 Å². The molecule has 0 unspecified atom stereocenters. The van der Waals surface area contributed by atoms with E-state index in [-0.39, 0.29) is 5.91 Å². The molecule has 1 heterocycles. The molecule has 2 aromatic carbocycles. The lowest BCUT2D eigenvalue weighted by molar-refractivity contribution is 0.102. The molecule has 4 nitrogen and oxygen atoms in total. The summed E-state index contributed by atoms with van der Waals surface area (Å²) in [6, 6.07) is 10.0. The highest BCUT2D eigenvalue weighted by Crippen LogP contribution is 2.30. The molecule has 0 saturated heterocycles. The van der Waals surface area contributed by atoms with Crippen LogP contribution in [0.15, 0.2) is 47.2 Å². The number of oxazole rings is 1. The van der Waals surface area contributed by atoms with Gasteiger partial charge in [0.25, 0.3) is 5.91 Å². The molecule has 0 aliphatic heterocycles. The fourth-order valence-electron chi connectivity index (χ4n) is 1.80. The van der Waals surface area contributed by atoms with E-state index in [0.29, 0.717) is 32.4 Å². The largest absolute Gasteiger partial charge is 0.443 e. The number of hydrogen-bond acceptors (Lipinski definition) is 3. The summed E-state index contributed by atoms with van der Waals surface area (Å²) >= 11 is 12.0. The summed E-state index contributed by atoms with van der Waals surface area (Å²) in [5, 5.41) is 3.45. The van der Waals surface area contributed by atoms with Gasteiger partial charge in [-0.1, -0.05) is 29.3 Å². The van der Waals surface area contributed by atoms with Crippen LogP contribution in [0.3, 0.4) is 0 Å². The van der Waals surface area contributed by atoms with Crippen LogP contribution in [0, 0.1) is 0 Å². The van der Waals surface area contributed by atoms with Gasteiger partial charge in [0, 0.05) is 5.56 Å². The van der Waals surface area contributed by atoms with Gasteiger partial charge in [-0.25, -0.2) is 4.98 Å². The Morgan fingerprint density at radius 1 is 1.15 bits per heavy atom. The molecule has 1 aromatic heterocycles. The second kappa shape index (κ2) is 5.15. The van der Waals surface area contributed by atoms with Gasteiger partial charge in [0.2, 0.25) is 0 Å². The summed E-state index contributed by atoms with van der Waals surface area (Å²) in [4.78, 5) is 16.2. The normalized spacial score (nSPS) is 10.7. The molecule has 0 aliphatic carbocycles. The van der Waals surface area contributed by atoms with E-state index < -0.39 is 0 Å². The Kier molecular flexibility index (Phi) is 3.34. The maximum Gasteiger partial charge on any atom is 0.255 e. The Hall–Kier alpha value is -2.04. The van der Waals surface area contributed by atoms with E-state index in [0.717, 1.165) is 0 Å². The monoisotopic (exact) mass is 306 g/mol. The predicted octanol–water partition coefficient (Wildman–Crippen LogP) is 4.39. The molecule has 0 saturated carbocycles. The highest BCUT2D eigenvalue weighted by molar-refractivity contribution is 6.40. The van der Waals surface area contributed by atoms with Crippen LogP contribution < -0.4 is 5.32 Å². The number of hydrogen-bond donors (Lipinski definition) is 1. The number of benzene rings is 2. The summed E-state index contributed by atoms with van der Waals surface area (Å²) in [6.07, 6.45) is 1.33. The molecule has 3 rings (SSSR count). The number of para-hydroxylation sites is 1. The summed E-state index contributed by atoms with van der Waals surface area (Å²) in [7, 11) is 0. The minimum atomic E-state index is -0.321. The number of nitrogens with one attached hydrogen (secondary N) is 1.